The van der Waals surface area contributed by atoms with E-state index in [2.05, 4.69) is 14.5 Å². The molecule has 37 heavy (non-hydrogen) atoms. The molecule has 12 heteroatoms. The van der Waals surface area contributed by atoms with E-state index >= 15 is 0 Å². The van der Waals surface area contributed by atoms with E-state index in [1.54, 1.807) is 25.4 Å². The molecule has 8 nitrogen and oxygen atoms in total. The van der Waals surface area contributed by atoms with Crippen molar-refractivity contribution in [3.63, 3.8) is 0 Å². The van der Waals surface area contributed by atoms with Crippen LogP contribution in [0.15, 0.2) is 60.9 Å². The van der Waals surface area contributed by atoms with Gasteiger partial charge >= 0.3 is 12.1 Å². The molecule has 4 heterocycles. The van der Waals surface area contributed by atoms with Crippen LogP contribution >= 0.6 is 0 Å². The van der Waals surface area contributed by atoms with Gasteiger partial charge < -0.3 is 19.3 Å². The lowest BCUT2D eigenvalue weighted by molar-refractivity contribution is -0.192. The lowest BCUT2D eigenvalue weighted by Gasteiger charge is -2.38. The number of carboxylic acid groups (broad SMARTS) is 1. The number of halogens is 4. The van der Waals surface area contributed by atoms with Gasteiger partial charge in [-0.25, -0.2) is 14.2 Å². The number of alkyl halides is 3. The first-order valence-corrected chi connectivity index (χ1v) is 11.3. The van der Waals surface area contributed by atoms with Gasteiger partial charge in [0.25, 0.3) is 5.91 Å². The minimum atomic E-state index is -5.08. The van der Waals surface area contributed by atoms with Gasteiger partial charge in [-0.05, 0) is 35.9 Å². The van der Waals surface area contributed by atoms with Gasteiger partial charge in [-0.3, -0.25) is 9.69 Å². The molecule has 0 aliphatic carbocycles. The Hall–Kier alpha value is -3.93. The largest absolute Gasteiger partial charge is 0.490 e. The first kappa shape index (κ1) is 26.1. The van der Waals surface area contributed by atoms with Crippen LogP contribution in [0.2, 0.25) is 0 Å². The smallest absolute Gasteiger partial charge is 0.481 e. The second kappa shape index (κ2) is 10.6. The Morgan fingerprint density at radius 2 is 1.76 bits per heavy atom. The number of nitrogens with zero attached hydrogens (tertiary/aromatic N) is 4. The zero-order valence-corrected chi connectivity index (χ0v) is 19.7. The number of aromatic nitrogens is 2. The van der Waals surface area contributed by atoms with Crippen molar-refractivity contribution in [2.75, 3.05) is 20.2 Å². The number of fused-ring (bicyclic) bond motifs is 3. The molecule has 1 aromatic carbocycles. The minimum absolute atomic E-state index is 0.0198. The van der Waals surface area contributed by atoms with Crippen molar-refractivity contribution in [3.8, 4) is 5.88 Å². The van der Waals surface area contributed by atoms with E-state index in [-0.39, 0.29) is 23.8 Å². The van der Waals surface area contributed by atoms with Gasteiger partial charge in [-0.2, -0.15) is 13.2 Å². The lowest BCUT2D eigenvalue weighted by Crippen LogP contribution is -2.49. The summed E-state index contributed by atoms with van der Waals surface area (Å²) < 4.78 is 52.6. The molecule has 196 valence electrons. The third-order valence-corrected chi connectivity index (χ3v) is 6.30. The van der Waals surface area contributed by atoms with Gasteiger partial charge in [0.15, 0.2) is 0 Å². The van der Waals surface area contributed by atoms with E-state index in [0.29, 0.717) is 24.7 Å². The molecule has 2 atom stereocenters. The van der Waals surface area contributed by atoms with Gasteiger partial charge in [-0.15, -0.1) is 0 Å². The summed E-state index contributed by atoms with van der Waals surface area (Å²) in [5, 5.41) is 7.12. The Kier molecular flexibility index (Phi) is 7.48. The van der Waals surface area contributed by atoms with Crippen molar-refractivity contribution >= 4 is 11.9 Å². The predicted molar refractivity (Wildman–Crippen MR) is 123 cm³/mol. The van der Waals surface area contributed by atoms with Crippen molar-refractivity contribution in [1.82, 2.24) is 19.4 Å². The number of amides is 1. The van der Waals surface area contributed by atoms with Crippen molar-refractivity contribution < 1.29 is 37.0 Å². The van der Waals surface area contributed by atoms with E-state index in [9.17, 15) is 22.4 Å². The van der Waals surface area contributed by atoms with Crippen LogP contribution in [0, 0.1) is 5.82 Å². The second-order valence-electron chi connectivity index (χ2n) is 8.66. The van der Waals surface area contributed by atoms with E-state index in [4.69, 9.17) is 14.6 Å². The van der Waals surface area contributed by atoms with Crippen molar-refractivity contribution in [3.05, 3.63) is 83.6 Å². The van der Waals surface area contributed by atoms with E-state index in [0.717, 1.165) is 24.2 Å². The average Bonchev–Trinajstić information content (AvgIpc) is 3.51. The van der Waals surface area contributed by atoms with Crippen LogP contribution in [0.3, 0.4) is 0 Å². The Bertz CT molecular complexity index is 1260. The number of benzene rings is 1. The molecule has 1 N–H and O–H groups in total. The van der Waals surface area contributed by atoms with Gasteiger partial charge in [0, 0.05) is 44.1 Å². The average molecular weight is 520 g/mol. The number of hydrogen-bond donors (Lipinski definition) is 1. The molecule has 2 aliphatic heterocycles. The quantitative estimate of drug-likeness (QED) is 0.516. The van der Waals surface area contributed by atoms with Crippen LogP contribution in [-0.2, 0) is 17.9 Å². The number of carboxylic acids is 1. The molecular weight excluding hydrogens is 496 g/mol. The SMILES string of the molecule is COc1ncccc1CN1CC2C(C1)n1cccc1C(=O)N2Cc1ccc(F)cc1.O=C(O)C(F)(F)F. The monoisotopic (exact) mass is 520 g/mol. The molecular formula is C25H24F4N4O4. The Labute approximate surface area is 209 Å². The normalized spacial score (nSPS) is 19.1. The van der Waals surface area contributed by atoms with Crippen molar-refractivity contribution in [2.45, 2.75) is 31.3 Å². The number of methoxy groups -OCH3 is 1. The first-order valence-electron chi connectivity index (χ1n) is 11.3. The van der Waals surface area contributed by atoms with Crippen LogP contribution in [0.25, 0.3) is 0 Å². The summed E-state index contributed by atoms with van der Waals surface area (Å²) in [7, 11) is 1.63. The van der Waals surface area contributed by atoms with E-state index in [1.807, 2.05) is 35.4 Å². The number of rotatable bonds is 5. The molecule has 5 rings (SSSR count). The molecule has 1 saturated heterocycles. The fraction of sp³-hybridized carbons (Fsp3) is 0.320. The summed E-state index contributed by atoms with van der Waals surface area (Å²) >= 11 is 0. The maximum atomic E-state index is 13.3. The number of likely N-dealkylation sites (tertiary alicyclic amines) is 1. The summed E-state index contributed by atoms with van der Waals surface area (Å²) in [5.41, 5.74) is 2.66. The van der Waals surface area contributed by atoms with Crippen LogP contribution in [-0.4, -0.2) is 68.8 Å². The fourth-order valence-electron chi connectivity index (χ4n) is 4.66. The summed E-state index contributed by atoms with van der Waals surface area (Å²) in [4.78, 5) is 30.7. The standard InChI is InChI=1S/C23H23FN4O2.C2HF3O2/c1-30-22-17(4-2-10-25-22)13-26-14-20-21(15-26)28(12-16-6-8-18(24)9-7-16)23(29)19-5-3-11-27(19)20;3-2(4,5)1(6)7/h2-11,20-21H,12-15H2,1H3;(H,6,7). The molecule has 0 spiro atoms. The Morgan fingerprint density at radius 1 is 1.08 bits per heavy atom. The Balaban J connectivity index is 0.000000405. The third kappa shape index (κ3) is 5.74. The number of pyridine rings is 1. The first-order chi connectivity index (χ1) is 17.6. The van der Waals surface area contributed by atoms with Gasteiger partial charge in [0.05, 0.1) is 19.2 Å². The van der Waals surface area contributed by atoms with Crippen LogP contribution in [0.1, 0.15) is 27.7 Å². The molecule has 2 aromatic heterocycles. The molecule has 2 aliphatic rings. The highest BCUT2D eigenvalue weighted by molar-refractivity contribution is 5.94. The highest BCUT2D eigenvalue weighted by atomic mass is 19.4. The molecule has 2 unspecified atom stereocenters. The second-order valence-corrected chi connectivity index (χ2v) is 8.66. The summed E-state index contributed by atoms with van der Waals surface area (Å²) in [6.07, 6.45) is -1.37. The molecule has 3 aromatic rings. The lowest BCUT2D eigenvalue weighted by atomic mass is 10.0. The molecule has 0 bridgehead atoms. The zero-order chi connectivity index (χ0) is 26.7. The number of carbonyl (C=O) groups excluding carboxylic acids is 1. The van der Waals surface area contributed by atoms with Crippen molar-refractivity contribution in [1.29, 1.82) is 0 Å². The zero-order valence-electron chi connectivity index (χ0n) is 19.7. The molecule has 1 amide bonds. The Morgan fingerprint density at radius 3 is 2.41 bits per heavy atom. The fourth-order valence-corrected chi connectivity index (χ4v) is 4.66. The molecule has 0 radical (unpaired) electrons. The number of hydrogen-bond acceptors (Lipinski definition) is 5. The van der Waals surface area contributed by atoms with Crippen LogP contribution in [0.4, 0.5) is 17.6 Å². The van der Waals surface area contributed by atoms with Gasteiger partial charge in [-0.1, -0.05) is 18.2 Å². The highest BCUT2D eigenvalue weighted by Crippen LogP contribution is 2.35. The highest BCUT2D eigenvalue weighted by Gasteiger charge is 2.45. The van der Waals surface area contributed by atoms with E-state index < -0.39 is 12.1 Å². The minimum Gasteiger partial charge on any atom is -0.481 e. The topological polar surface area (TPSA) is 87.9 Å². The molecule has 0 saturated carbocycles. The van der Waals surface area contributed by atoms with E-state index in [1.165, 1.54) is 12.1 Å². The molecule has 1 fully saturated rings. The van der Waals surface area contributed by atoms with Crippen molar-refractivity contribution in [2.24, 2.45) is 0 Å². The summed E-state index contributed by atoms with van der Waals surface area (Å²) in [5.74, 6) is -2.37. The maximum Gasteiger partial charge on any atom is 0.490 e. The predicted octanol–water partition coefficient (Wildman–Crippen LogP) is 3.75. The van der Waals surface area contributed by atoms with Gasteiger partial charge in [0.1, 0.15) is 11.5 Å². The van der Waals surface area contributed by atoms with Crippen LogP contribution in [0.5, 0.6) is 5.88 Å². The number of ether oxygens (including phenoxy) is 1. The summed E-state index contributed by atoms with van der Waals surface area (Å²) in [6.45, 7) is 2.76. The maximum absolute atomic E-state index is 13.3. The summed E-state index contributed by atoms with van der Waals surface area (Å²) in [6, 6.07) is 14.4. The van der Waals surface area contributed by atoms with Gasteiger partial charge in [0.2, 0.25) is 5.88 Å². The number of carbonyl (C=O) groups is 2. The van der Waals surface area contributed by atoms with Crippen LogP contribution < -0.4 is 4.74 Å². The third-order valence-electron chi connectivity index (χ3n) is 6.30. The number of aliphatic carboxylic acids is 1.